The van der Waals surface area contributed by atoms with Crippen LogP contribution in [0.25, 0.3) is 11.1 Å². The molecule has 0 spiro atoms. The molecule has 5 heteroatoms. The van der Waals surface area contributed by atoms with Gasteiger partial charge in [0.2, 0.25) is 5.91 Å². The third-order valence-electron chi connectivity index (χ3n) is 4.95. The predicted octanol–water partition coefficient (Wildman–Crippen LogP) is 6.43. The number of aromatic carboxylic acids is 1. The zero-order valence-electron chi connectivity index (χ0n) is 16.8. The fourth-order valence-electron chi connectivity index (χ4n) is 3.30. The Bertz CT molecular complexity index is 1010. The first-order valence-corrected chi connectivity index (χ1v) is 10.3. The minimum atomic E-state index is -0.954. The Morgan fingerprint density at radius 3 is 2.23 bits per heavy atom. The fourth-order valence-corrected chi connectivity index (χ4v) is 3.43. The maximum Gasteiger partial charge on any atom is 0.336 e. The molecule has 0 aliphatic rings. The largest absolute Gasteiger partial charge is 0.478 e. The third kappa shape index (κ3) is 5.28. The van der Waals surface area contributed by atoms with Gasteiger partial charge in [0.05, 0.1) is 12.1 Å². The molecule has 0 heterocycles. The lowest BCUT2D eigenvalue weighted by Gasteiger charge is -2.23. The molecule has 0 saturated heterocycles. The number of hydrogen-bond acceptors (Lipinski definition) is 2. The number of hydrogen-bond donors (Lipinski definition) is 1. The first-order chi connectivity index (χ1) is 14.5. The summed E-state index contributed by atoms with van der Waals surface area (Å²) in [5, 5.41) is 10.1. The van der Waals surface area contributed by atoms with E-state index < -0.39 is 5.97 Å². The molecule has 3 aromatic carbocycles. The molecule has 0 fully saturated rings. The summed E-state index contributed by atoms with van der Waals surface area (Å²) < 4.78 is 0. The van der Waals surface area contributed by atoms with E-state index in [-0.39, 0.29) is 11.5 Å². The zero-order chi connectivity index (χ0) is 21.5. The highest BCUT2D eigenvalue weighted by molar-refractivity contribution is 6.30. The van der Waals surface area contributed by atoms with Crippen LogP contribution in [0.15, 0.2) is 72.8 Å². The van der Waals surface area contributed by atoms with Gasteiger partial charge in [-0.3, -0.25) is 4.79 Å². The second-order valence-electron chi connectivity index (χ2n) is 7.11. The lowest BCUT2D eigenvalue weighted by molar-refractivity contribution is -0.118. The van der Waals surface area contributed by atoms with Crippen LogP contribution in [0.3, 0.4) is 0 Å². The average molecular weight is 422 g/mol. The van der Waals surface area contributed by atoms with Crippen LogP contribution in [-0.2, 0) is 11.3 Å². The molecule has 30 heavy (non-hydrogen) atoms. The molecule has 0 aliphatic carbocycles. The lowest BCUT2D eigenvalue weighted by atomic mass is 9.98. The number of carbonyl (C=O) groups is 2. The van der Waals surface area contributed by atoms with Crippen LogP contribution in [0.1, 0.15) is 42.1 Å². The quantitative estimate of drug-likeness (QED) is 0.456. The molecule has 0 radical (unpaired) electrons. The standard InChI is InChI=1S/C25H24ClNO3/c1-2-3-8-24(28)27(21-15-13-20(26)14-16-21)17-18-9-11-19(12-10-18)22-6-4-5-7-23(22)25(29)30/h4-7,9-16H,2-3,8,17H2,1H3,(H,29,30). The van der Waals surface area contributed by atoms with Crippen molar-refractivity contribution < 1.29 is 14.7 Å². The van der Waals surface area contributed by atoms with Crippen molar-refractivity contribution in [3.63, 3.8) is 0 Å². The lowest BCUT2D eigenvalue weighted by Crippen LogP contribution is -2.30. The second kappa shape index (κ2) is 10.1. The third-order valence-corrected chi connectivity index (χ3v) is 5.20. The fraction of sp³-hybridized carbons (Fsp3) is 0.200. The molecule has 3 rings (SSSR count). The van der Waals surface area contributed by atoms with Crippen molar-refractivity contribution in [2.75, 3.05) is 4.90 Å². The molecular formula is C25H24ClNO3. The van der Waals surface area contributed by atoms with Gasteiger partial charge in [0.25, 0.3) is 0 Å². The Labute approximate surface area is 181 Å². The number of halogens is 1. The van der Waals surface area contributed by atoms with Crippen molar-refractivity contribution in [3.8, 4) is 11.1 Å². The average Bonchev–Trinajstić information content (AvgIpc) is 2.77. The normalized spacial score (nSPS) is 10.6. The number of amides is 1. The summed E-state index contributed by atoms with van der Waals surface area (Å²) >= 11 is 6.01. The molecule has 0 unspecified atom stereocenters. The van der Waals surface area contributed by atoms with Crippen LogP contribution >= 0.6 is 11.6 Å². The van der Waals surface area contributed by atoms with Crippen LogP contribution < -0.4 is 4.90 Å². The molecule has 0 bridgehead atoms. The molecule has 3 aromatic rings. The van der Waals surface area contributed by atoms with E-state index >= 15 is 0 Å². The van der Waals surface area contributed by atoms with Crippen LogP contribution in [0.4, 0.5) is 5.69 Å². The van der Waals surface area contributed by atoms with Crippen molar-refractivity contribution in [2.24, 2.45) is 0 Å². The van der Waals surface area contributed by atoms with Crippen molar-refractivity contribution in [1.29, 1.82) is 0 Å². The molecule has 1 amide bonds. The van der Waals surface area contributed by atoms with E-state index in [9.17, 15) is 14.7 Å². The van der Waals surface area contributed by atoms with Gasteiger partial charge in [-0.1, -0.05) is 67.4 Å². The predicted molar refractivity (Wildman–Crippen MR) is 121 cm³/mol. The van der Waals surface area contributed by atoms with E-state index in [1.54, 1.807) is 35.2 Å². The summed E-state index contributed by atoms with van der Waals surface area (Å²) in [5.41, 5.74) is 3.53. The minimum absolute atomic E-state index is 0.0690. The van der Waals surface area contributed by atoms with Crippen LogP contribution in [0.5, 0.6) is 0 Å². The molecule has 0 atom stereocenters. The molecule has 0 aliphatic heterocycles. The number of carbonyl (C=O) groups excluding carboxylic acids is 1. The molecule has 0 saturated carbocycles. The number of rotatable bonds is 8. The Morgan fingerprint density at radius 2 is 1.60 bits per heavy atom. The summed E-state index contributed by atoms with van der Waals surface area (Å²) in [4.78, 5) is 26.1. The van der Waals surface area contributed by atoms with Crippen LogP contribution in [0, 0.1) is 0 Å². The van der Waals surface area contributed by atoms with Gasteiger partial charge in [-0.25, -0.2) is 4.79 Å². The second-order valence-corrected chi connectivity index (χ2v) is 7.54. The van der Waals surface area contributed by atoms with Crippen molar-refractivity contribution in [1.82, 2.24) is 0 Å². The number of benzene rings is 3. The van der Waals surface area contributed by atoms with E-state index in [2.05, 4.69) is 6.92 Å². The van der Waals surface area contributed by atoms with Crippen LogP contribution in [-0.4, -0.2) is 17.0 Å². The maximum atomic E-state index is 12.8. The molecule has 1 N–H and O–H groups in total. The number of carboxylic acids is 1. The van der Waals surface area contributed by atoms with Gasteiger partial charge in [0.1, 0.15) is 0 Å². The first-order valence-electron chi connectivity index (χ1n) is 9.97. The van der Waals surface area contributed by atoms with Gasteiger partial charge >= 0.3 is 5.97 Å². The van der Waals surface area contributed by atoms with Crippen molar-refractivity contribution in [3.05, 3.63) is 88.9 Å². The van der Waals surface area contributed by atoms with E-state index in [1.807, 2.05) is 42.5 Å². The van der Waals surface area contributed by atoms with Gasteiger partial charge in [0, 0.05) is 17.1 Å². The number of unbranched alkanes of at least 4 members (excludes halogenated alkanes) is 1. The maximum absolute atomic E-state index is 12.8. The molecule has 0 aromatic heterocycles. The van der Waals surface area contributed by atoms with Gasteiger partial charge in [-0.15, -0.1) is 0 Å². The zero-order valence-corrected chi connectivity index (χ0v) is 17.6. The summed E-state index contributed by atoms with van der Waals surface area (Å²) in [5.74, 6) is -0.885. The monoisotopic (exact) mass is 421 g/mol. The molecule has 4 nitrogen and oxygen atoms in total. The topological polar surface area (TPSA) is 57.6 Å². The van der Waals surface area contributed by atoms with Gasteiger partial charge in [-0.2, -0.15) is 0 Å². The number of anilines is 1. The summed E-state index contributed by atoms with van der Waals surface area (Å²) in [6.07, 6.45) is 2.29. The van der Waals surface area contributed by atoms with Crippen molar-refractivity contribution in [2.45, 2.75) is 32.7 Å². The molecular weight excluding hydrogens is 398 g/mol. The highest BCUT2D eigenvalue weighted by Crippen LogP contribution is 2.26. The highest BCUT2D eigenvalue weighted by Gasteiger charge is 2.16. The Kier molecular flexibility index (Phi) is 7.26. The van der Waals surface area contributed by atoms with Crippen LogP contribution in [0.2, 0.25) is 5.02 Å². The first kappa shape index (κ1) is 21.6. The summed E-state index contributed by atoms with van der Waals surface area (Å²) in [7, 11) is 0. The van der Waals surface area contributed by atoms with E-state index in [0.717, 1.165) is 29.7 Å². The number of carboxylic acid groups (broad SMARTS) is 1. The minimum Gasteiger partial charge on any atom is -0.478 e. The van der Waals surface area contributed by atoms with Gasteiger partial charge in [0.15, 0.2) is 0 Å². The molecule has 154 valence electrons. The van der Waals surface area contributed by atoms with E-state index in [4.69, 9.17) is 11.6 Å². The van der Waals surface area contributed by atoms with Gasteiger partial charge < -0.3 is 10.0 Å². The Hall–Kier alpha value is -3.11. The Balaban J connectivity index is 1.85. The van der Waals surface area contributed by atoms with E-state index in [1.165, 1.54) is 0 Å². The SMILES string of the molecule is CCCCC(=O)N(Cc1ccc(-c2ccccc2C(=O)O)cc1)c1ccc(Cl)cc1. The summed E-state index contributed by atoms with van der Waals surface area (Å²) in [6, 6.07) is 21.9. The summed E-state index contributed by atoms with van der Waals surface area (Å²) in [6.45, 7) is 2.50. The highest BCUT2D eigenvalue weighted by atomic mass is 35.5. The van der Waals surface area contributed by atoms with E-state index in [0.29, 0.717) is 23.6 Å². The smallest absolute Gasteiger partial charge is 0.336 e. The number of nitrogens with zero attached hydrogens (tertiary/aromatic N) is 1. The Morgan fingerprint density at radius 1 is 0.933 bits per heavy atom. The van der Waals surface area contributed by atoms with Gasteiger partial charge in [-0.05, 0) is 53.4 Å². The van der Waals surface area contributed by atoms with Crippen molar-refractivity contribution >= 4 is 29.2 Å².